The molecule has 2 rings (SSSR count). The molecule has 0 radical (unpaired) electrons. The fourth-order valence-corrected chi connectivity index (χ4v) is 2.22. The molecule has 1 saturated heterocycles. The second-order valence-electron chi connectivity index (χ2n) is 3.55. The highest BCUT2D eigenvalue weighted by molar-refractivity contribution is 7.11. The van der Waals surface area contributed by atoms with Gasteiger partial charge in [-0.05, 0) is 0 Å². The van der Waals surface area contributed by atoms with E-state index in [0.29, 0.717) is 12.5 Å². The molecule has 1 aromatic rings. The normalized spacial score (nSPS) is 21.1. The van der Waals surface area contributed by atoms with Gasteiger partial charge in [0.05, 0.1) is 9.88 Å². The van der Waals surface area contributed by atoms with E-state index in [0.717, 1.165) is 9.88 Å². The number of amides is 1. The Bertz CT molecular complexity index is 348. The van der Waals surface area contributed by atoms with Crippen LogP contribution < -0.4 is 5.32 Å². The van der Waals surface area contributed by atoms with Crippen molar-refractivity contribution < 1.29 is 9.53 Å². The van der Waals surface area contributed by atoms with Crippen molar-refractivity contribution in [3.63, 3.8) is 0 Å². The van der Waals surface area contributed by atoms with Crippen molar-refractivity contribution in [1.29, 1.82) is 0 Å². The Morgan fingerprint density at radius 2 is 2.50 bits per heavy atom. The highest BCUT2D eigenvalue weighted by Crippen LogP contribution is 2.27. The van der Waals surface area contributed by atoms with E-state index in [1.807, 2.05) is 6.20 Å². The van der Waals surface area contributed by atoms with Gasteiger partial charge in [-0.1, -0.05) is 13.8 Å². The molecule has 1 unspecified atom stereocenters. The number of alkyl carbamates (subject to hydrolysis) is 1. The molecule has 1 N–H and O–H groups in total. The quantitative estimate of drug-likeness (QED) is 0.816. The van der Waals surface area contributed by atoms with Gasteiger partial charge in [0.15, 0.2) is 0 Å². The van der Waals surface area contributed by atoms with Gasteiger partial charge in [0.2, 0.25) is 0 Å². The van der Waals surface area contributed by atoms with Crippen LogP contribution in [0.1, 0.15) is 35.7 Å². The van der Waals surface area contributed by atoms with Gasteiger partial charge < -0.3 is 10.1 Å². The van der Waals surface area contributed by atoms with Crippen LogP contribution in [0.15, 0.2) is 6.20 Å². The van der Waals surface area contributed by atoms with E-state index in [1.54, 1.807) is 11.3 Å². The summed E-state index contributed by atoms with van der Waals surface area (Å²) < 4.78 is 4.82. The van der Waals surface area contributed by atoms with Crippen molar-refractivity contribution in [2.45, 2.75) is 25.8 Å². The maximum atomic E-state index is 10.8. The zero-order valence-electron chi connectivity index (χ0n) is 8.11. The number of nitrogens with one attached hydrogen (secondary N) is 1. The first-order valence-electron chi connectivity index (χ1n) is 4.55. The number of carbonyl (C=O) groups is 1. The molecule has 14 heavy (non-hydrogen) atoms. The molecule has 1 amide bonds. The number of rotatable bonds is 2. The van der Waals surface area contributed by atoms with Crippen LogP contribution in [0, 0.1) is 0 Å². The molecule has 1 aliphatic rings. The smallest absolute Gasteiger partial charge is 0.407 e. The molecule has 0 bridgehead atoms. The minimum absolute atomic E-state index is 0.00694. The Kier molecular flexibility index (Phi) is 2.41. The second kappa shape index (κ2) is 3.57. The summed E-state index contributed by atoms with van der Waals surface area (Å²) in [5, 5.41) is 3.83. The number of hydrogen-bond donors (Lipinski definition) is 1. The summed E-state index contributed by atoms with van der Waals surface area (Å²) in [6.45, 7) is 4.62. The van der Waals surface area contributed by atoms with E-state index in [-0.39, 0.29) is 12.1 Å². The molecule has 0 saturated carbocycles. The van der Waals surface area contributed by atoms with Crippen molar-refractivity contribution in [2.75, 3.05) is 6.61 Å². The molecule has 76 valence electrons. The Labute approximate surface area is 86.3 Å². The summed E-state index contributed by atoms with van der Waals surface area (Å²) in [6.07, 6.45) is 1.48. The van der Waals surface area contributed by atoms with Crippen LogP contribution in [0.4, 0.5) is 4.79 Å². The molecule has 5 heteroatoms. The number of carbonyl (C=O) groups excluding carboxylic acids is 1. The lowest BCUT2D eigenvalue weighted by Crippen LogP contribution is -2.17. The largest absolute Gasteiger partial charge is 0.447 e. The average Bonchev–Trinajstić information content (AvgIpc) is 2.70. The summed E-state index contributed by atoms with van der Waals surface area (Å²) in [5.74, 6) is 0.437. The van der Waals surface area contributed by atoms with Crippen LogP contribution in [0.5, 0.6) is 0 Å². The molecule has 1 fully saturated rings. The SMILES string of the molecule is CC(C)c1ncc(C2COC(=O)N2)s1. The van der Waals surface area contributed by atoms with Gasteiger partial charge in [-0.15, -0.1) is 11.3 Å². The highest BCUT2D eigenvalue weighted by atomic mass is 32.1. The maximum Gasteiger partial charge on any atom is 0.407 e. The third-order valence-corrected chi connectivity index (χ3v) is 3.46. The third kappa shape index (κ3) is 1.72. The number of thiazole rings is 1. The first-order valence-corrected chi connectivity index (χ1v) is 5.37. The predicted octanol–water partition coefficient (Wildman–Crippen LogP) is 2.05. The Balaban J connectivity index is 2.13. The molecule has 0 spiro atoms. The van der Waals surface area contributed by atoms with E-state index in [1.165, 1.54) is 0 Å². The molecular formula is C9H12N2O2S. The summed E-state index contributed by atoms with van der Waals surface area (Å²) in [4.78, 5) is 16.2. The lowest BCUT2D eigenvalue weighted by molar-refractivity contribution is 0.177. The summed E-state index contributed by atoms with van der Waals surface area (Å²) >= 11 is 1.63. The fourth-order valence-electron chi connectivity index (χ4n) is 1.27. The van der Waals surface area contributed by atoms with Crippen molar-refractivity contribution in [3.8, 4) is 0 Å². The fraction of sp³-hybridized carbons (Fsp3) is 0.556. The van der Waals surface area contributed by atoms with Crippen LogP contribution in [0.2, 0.25) is 0 Å². The Morgan fingerprint density at radius 3 is 3.00 bits per heavy atom. The monoisotopic (exact) mass is 212 g/mol. The van der Waals surface area contributed by atoms with E-state index in [2.05, 4.69) is 24.1 Å². The van der Waals surface area contributed by atoms with Crippen molar-refractivity contribution in [2.24, 2.45) is 0 Å². The minimum Gasteiger partial charge on any atom is -0.447 e. The zero-order valence-corrected chi connectivity index (χ0v) is 8.93. The summed E-state index contributed by atoms with van der Waals surface area (Å²) in [5.41, 5.74) is 0. The molecule has 2 heterocycles. The number of cyclic esters (lactones) is 1. The van der Waals surface area contributed by atoms with Crippen LogP contribution in [0.25, 0.3) is 0 Å². The van der Waals surface area contributed by atoms with Crippen LogP contribution in [-0.2, 0) is 4.74 Å². The van der Waals surface area contributed by atoms with Crippen LogP contribution in [-0.4, -0.2) is 17.7 Å². The van der Waals surface area contributed by atoms with E-state index in [4.69, 9.17) is 4.74 Å². The van der Waals surface area contributed by atoms with Gasteiger partial charge in [-0.3, -0.25) is 0 Å². The van der Waals surface area contributed by atoms with Gasteiger partial charge >= 0.3 is 6.09 Å². The summed E-state index contributed by atoms with van der Waals surface area (Å²) in [7, 11) is 0. The Morgan fingerprint density at radius 1 is 1.71 bits per heavy atom. The second-order valence-corrected chi connectivity index (χ2v) is 4.64. The number of ether oxygens (including phenoxy) is 1. The standard InChI is InChI=1S/C9H12N2O2S/c1-5(2)8-10-3-7(14-8)6-4-13-9(12)11-6/h3,5-6H,4H2,1-2H3,(H,11,12). The van der Waals surface area contributed by atoms with E-state index in [9.17, 15) is 4.79 Å². The maximum absolute atomic E-state index is 10.8. The van der Waals surface area contributed by atoms with Gasteiger partial charge in [0.1, 0.15) is 12.6 Å². The van der Waals surface area contributed by atoms with E-state index < -0.39 is 0 Å². The van der Waals surface area contributed by atoms with Crippen LogP contribution in [0.3, 0.4) is 0 Å². The van der Waals surface area contributed by atoms with Crippen molar-refractivity contribution in [1.82, 2.24) is 10.3 Å². The van der Waals surface area contributed by atoms with Crippen LogP contribution >= 0.6 is 11.3 Å². The molecular weight excluding hydrogens is 200 g/mol. The minimum atomic E-state index is -0.338. The van der Waals surface area contributed by atoms with Gasteiger partial charge in [-0.2, -0.15) is 0 Å². The average molecular weight is 212 g/mol. The van der Waals surface area contributed by atoms with Gasteiger partial charge in [-0.25, -0.2) is 9.78 Å². The molecule has 1 atom stereocenters. The number of hydrogen-bond acceptors (Lipinski definition) is 4. The molecule has 0 aliphatic carbocycles. The molecule has 1 aromatic heterocycles. The predicted molar refractivity (Wildman–Crippen MR) is 53.4 cm³/mol. The molecule has 1 aliphatic heterocycles. The van der Waals surface area contributed by atoms with Crippen molar-refractivity contribution >= 4 is 17.4 Å². The molecule has 0 aromatic carbocycles. The lowest BCUT2D eigenvalue weighted by Gasteiger charge is -2.01. The Hall–Kier alpha value is -1.10. The van der Waals surface area contributed by atoms with E-state index >= 15 is 0 Å². The first-order chi connectivity index (χ1) is 6.66. The van der Waals surface area contributed by atoms with Gasteiger partial charge in [0.25, 0.3) is 0 Å². The highest BCUT2D eigenvalue weighted by Gasteiger charge is 2.25. The topological polar surface area (TPSA) is 51.2 Å². The first kappa shape index (κ1) is 9.45. The van der Waals surface area contributed by atoms with Gasteiger partial charge in [0, 0.05) is 12.1 Å². The number of aromatic nitrogens is 1. The number of nitrogens with zero attached hydrogens (tertiary/aromatic N) is 1. The molecule has 4 nitrogen and oxygen atoms in total. The zero-order chi connectivity index (χ0) is 10.1. The third-order valence-electron chi connectivity index (χ3n) is 2.05. The lowest BCUT2D eigenvalue weighted by atomic mass is 10.2. The van der Waals surface area contributed by atoms with Crippen molar-refractivity contribution in [3.05, 3.63) is 16.1 Å². The summed E-state index contributed by atoms with van der Waals surface area (Å²) in [6, 6.07) is -0.00694.